The van der Waals surface area contributed by atoms with Gasteiger partial charge in [-0.1, -0.05) is 6.07 Å². The number of nitrogens with one attached hydrogen (secondary N) is 1. The van der Waals surface area contributed by atoms with Crippen molar-refractivity contribution in [1.29, 1.82) is 0 Å². The molecule has 138 valence electrons. The second-order valence-electron chi connectivity index (χ2n) is 6.29. The topological polar surface area (TPSA) is 44.8 Å². The molecule has 1 aliphatic rings. The zero-order valence-electron chi connectivity index (χ0n) is 15.0. The minimum atomic E-state index is -0.338. The molecule has 0 aliphatic carbocycles. The molecule has 0 saturated carbocycles. The number of piperazine rings is 1. The SMILES string of the molecule is COc1cccc(N2CCN(CCNC(=O)c3ccc(F)cc3)CC2)c1. The van der Waals surface area contributed by atoms with Gasteiger partial charge in [0.05, 0.1) is 7.11 Å². The lowest BCUT2D eigenvalue weighted by Gasteiger charge is -2.36. The highest BCUT2D eigenvalue weighted by molar-refractivity contribution is 5.94. The van der Waals surface area contributed by atoms with E-state index in [1.807, 2.05) is 12.1 Å². The summed E-state index contributed by atoms with van der Waals surface area (Å²) in [5.74, 6) is 0.365. The van der Waals surface area contributed by atoms with E-state index in [2.05, 4.69) is 27.2 Å². The number of methoxy groups -OCH3 is 1. The lowest BCUT2D eigenvalue weighted by atomic mass is 10.2. The molecule has 0 radical (unpaired) electrons. The molecule has 2 aromatic carbocycles. The van der Waals surface area contributed by atoms with Gasteiger partial charge < -0.3 is 15.0 Å². The summed E-state index contributed by atoms with van der Waals surface area (Å²) in [7, 11) is 1.68. The van der Waals surface area contributed by atoms with Crippen LogP contribution in [0.3, 0.4) is 0 Å². The van der Waals surface area contributed by atoms with E-state index in [9.17, 15) is 9.18 Å². The molecule has 1 fully saturated rings. The van der Waals surface area contributed by atoms with Crippen molar-refractivity contribution >= 4 is 11.6 Å². The van der Waals surface area contributed by atoms with Gasteiger partial charge in [0, 0.05) is 56.6 Å². The number of hydrogen-bond acceptors (Lipinski definition) is 4. The summed E-state index contributed by atoms with van der Waals surface area (Å²) in [4.78, 5) is 16.7. The number of halogens is 1. The number of hydrogen-bond donors (Lipinski definition) is 1. The smallest absolute Gasteiger partial charge is 0.251 e. The highest BCUT2D eigenvalue weighted by Gasteiger charge is 2.17. The highest BCUT2D eigenvalue weighted by atomic mass is 19.1. The van der Waals surface area contributed by atoms with E-state index in [1.54, 1.807) is 7.11 Å². The molecule has 0 bridgehead atoms. The Kier molecular flexibility index (Phi) is 6.07. The fraction of sp³-hybridized carbons (Fsp3) is 0.350. The van der Waals surface area contributed by atoms with Crippen LogP contribution in [0, 0.1) is 5.82 Å². The molecule has 5 nitrogen and oxygen atoms in total. The van der Waals surface area contributed by atoms with E-state index in [4.69, 9.17) is 4.74 Å². The van der Waals surface area contributed by atoms with E-state index in [1.165, 1.54) is 30.0 Å². The predicted molar refractivity (Wildman–Crippen MR) is 100 cm³/mol. The number of rotatable bonds is 6. The van der Waals surface area contributed by atoms with Crippen molar-refractivity contribution in [2.45, 2.75) is 0 Å². The molecule has 1 N–H and O–H groups in total. The maximum atomic E-state index is 12.9. The third-order valence-corrected chi connectivity index (χ3v) is 4.61. The molecular weight excluding hydrogens is 333 g/mol. The fourth-order valence-electron chi connectivity index (χ4n) is 3.07. The van der Waals surface area contributed by atoms with E-state index >= 15 is 0 Å². The summed E-state index contributed by atoms with van der Waals surface area (Å²) in [5, 5.41) is 2.89. The van der Waals surface area contributed by atoms with Crippen molar-refractivity contribution in [3.63, 3.8) is 0 Å². The summed E-state index contributed by atoms with van der Waals surface area (Å²) in [6, 6.07) is 13.7. The van der Waals surface area contributed by atoms with Crippen LogP contribution in [-0.4, -0.2) is 57.2 Å². The largest absolute Gasteiger partial charge is 0.497 e. The van der Waals surface area contributed by atoms with Crippen LogP contribution in [0.2, 0.25) is 0 Å². The maximum absolute atomic E-state index is 12.9. The van der Waals surface area contributed by atoms with Crippen LogP contribution in [0.1, 0.15) is 10.4 Å². The molecule has 0 aromatic heterocycles. The Labute approximate surface area is 153 Å². The van der Waals surface area contributed by atoms with Crippen molar-refractivity contribution in [1.82, 2.24) is 10.2 Å². The van der Waals surface area contributed by atoms with Gasteiger partial charge in [0.25, 0.3) is 5.91 Å². The first-order chi connectivity index (χ1) is 12.7. The first-order valence-electron chi connectivity index (χ1n) is 8.81. The molecule has 1 heterocycles. The summed E-state index contributed by atoms with van der Waals surface area (Å²) in [5.41, 5.74) is 1.66. The third kappa shape index (κ3) is 4.73. The third-order valence-electron chi connectivity index (χ3n) is 4.61. The minimum absolute atomic E-state index is 0.167. The number of nitrogens with zero attached hydrogens (tertiary/aromatic N) is 2. The van der Waals surface area contributed by atoms with Crippen molar-refractivity contribution < 1.29 is 13.9 Å². The van der Waals surface area contributed by atoms with E-state index in [0.717, 1.165) is 38.5 Å². The molecule has 2 aromatic rings. The van der Waals surface area contributed by atoms with Gasteiger partial charge in [-0.3, -0.25) is 9.69 Å². The average molecular weight is 357 g/mol. The van der Waals surface area contributed by atoms with Gasteiger partial charge in [-0.05, 0) is 36.4 Å². The molecule has 0 unspecified atom stereocenters. The van der Waals surface area contributed by atoms with E-state index < -0.39 is 0 Å². The number of benzene rings is 2. The van der Waals surface area contributed by atoms with Gasteiger partial charge in [0.15, 0.2) is 0 Å². The Balaban J connectivity index is 1.41. The molecule has 1 saturated heterocycles. The number of carbonyl (C=O) groups is 1. The Bertz CT molecular complexity index is 728. The van der Waals surface area contributed by atoms with Crippen LogP contribution < -0.4 is 15.0 Å². The van der Waals surface area contributed by atoms with Crippen LogP contribution in [0.15, 0.2) is 48.5 Å². The zero-order chi connectivity index (χ0) is 18.4. The minimum Gasteiger partial charge on any atom is -0.497 e. The van der Waals surface area contributed by atoms with Crippen molar-refractivity contribution in [2.24, 2.45) is 0 Å². The van der Waals surface area contributed by atoms with Gasteiger partial charge in [-0.15, -0.1) is 0 Å². The number of anilines is 1. The summed E-state index contributed by atoms with van der Waals surface area (Å²) in [6.45, 7) is 5.17. The molecule has 26 heavy (non-hydrogen) atoms. The molecule has 0 spiro atoms. The average Bonchev–Trinajstić information content (AvgIpc) is 2.69. The normalized spacial score (nSPS) is 14.9. The van der Waals surface area contributed by atoms with Crippen molar-refractivity contribution in [3.8, 4) is 5.75 Å². The Morgan fingerprint density at radius 2 is 1.85 bits per heavy atom. The lowest BCUT2D eigenvalue weighted by molar-refractivity contribution is 0.0947. The molecule has 1 aliphatic heterocycles. The monoisotopic (exact) mass is 357 g/mol. The van der Waals surface area contributed by atoms with Crippen LogP contribution in [0.25, 0.3) is 0 Å². The molecular formula is C20H24FN3O2. The first kappa shape index (κ1) is 18.2. The maximum Gasteiger partial charge on any atom is 0.251 e. The van der Waals surface area contributed by atoms with Gasteiger partial charge in [0.2, 0.25) is 0 Å². The van der Waals surface area contributed by atoms with Gasteiger partial charge >= 0.3 is 0 Å². The predicted octanol–water partition coefficient (Wildman–Crippen LogP) is 2.39. The quantitative estimate of drug-likeness (QED) is 0.862. The van der Waals surface area contributed by atoms with Gasteiger partial charge in [0.1, 0.15) is 11.6 Å². The second kappa shape index (κ2) is 8.67. The molecule has 0 atom stereocenters. The van der Waals surface area contributed by atoms with Crippen LogP contribution >= 0.6 is 0 Å². The van der Waals surface area contributed by atoms with Gasteiger partial charge in [-0.2, -0.15) is 0 Å². The standard InChI is InChI=1S/C20H24FN3O2/c1-26-19-4-2-3-18(15-19)24-13-11-23(12-14-24)10-9-22-20(25)16-5-7-17(21)8-6-16/h2-8,15H,9-14H2,1H3,(H,22,25). The summed E-state index contributed by atoms with van der Waals surface area (Å²) >= 11 is 0. The van der Waals surface area contributed by atoms with Crippen molar-refractivity contribution in [2.75, 3.05) is 51.3 Å². The summed E-state index contributed by atoms with van der Waals surface area (Å²) < 4.78 is 18.2. The number of carbonyl (C=O) groups excluding carboxylic acids is 1. The first-order valence-corrected chi connectivity index (χ1v) is 8.81. The summed E-state index contributed by atoms with van der Waals surface area (Å²) in [6.07, 6.45) is 0. The number of amides is 1. The Hall–Kier alpha value is -2.60. The highest BCUT2D eigenvalue weighted by Crippen LogP contribution is 2.21. The van der Waals surface area contributed by atoms with E-state index in [0.29, 0.717) is 12.1 Å². The Morgan fingerprint density at radius 1 is 1.12 bits per heavy atom. The van der Waals surface area contributed by atoms with E-state index in [-0.39, 0.29) is 11.7 Å². The van der Waals surface area contributed by atoms with Gasteiger partial charge in [-0.25, -0.2) is 4.39 Å². The molecule has 3 rings (SSSR count). The Morgan fingerprint density at radius 3 is 2.54 bits per heavy atom. The number of ether oxygens (including phenoxy) is 1. The second-order valence-corrected chi connectivity index (χ2v) is 6.29. The zero-order valence-corrected chi connectivity index (χ0v) is 15.0. The van der Waals surface area contributed by atoms with Crippen molar-refractivity contribution in [3.05, 3.63) is 59.9 Å². The molecule has 1 amide bonds. The van der Waals surface area contributed by atoms with Crippen LogP contribution in [0.4, 0.5) is 10.1 Å². The fourth-order valence-corrected chi connectivity index (χ4v) is 3.07. The van der Waals surface area contributed by atoms with Crippen LogP contribution in [-0.2, 0) is 0 Å². The van der Waals surface area contributed by atoms with Crippen LogP contribution in [0.5, 0.6) is 5.75 Å². The molecule has 6 heteroatoms. The lowest BCUT2D eigenvalue weighted by Crippen LogP contribution is -2.48.